The fourth-order valence-electron chi connectivity index (χ4n) is 2.88. The number of guanidine groups is 1. The molecule has 0 radical (unpaired) electrons. The Morgan fingerprint density at radius 3 is 2.88 bits per heavy atom. The maximum atomic E-state index is 13.9. The zero-order valence-electron chi connectivity index (χ0n) is 14.6. The summed E-state index contributed by atoms with van der Waals surface area (Å²) in [5.41, 5.74) is 3.29. The van der Waals surface area contributed by atoms with Crippen LogP contribution >= 0.6 is 35.3 Å². The van der Waals surface area contributed by atoms with Crippen LogP contribution in [0, 0.1) is 18.6 Å². The molecule has 2 N–H and O–H groups in total. The zero-order valence-corrected chi connectivity index (χ0v) is 17.8. The van der Waals surface area contributed by atoms with Crippen molar-refractivity contribution in [2.24, 2.45) is 4.99 Å². The quantitative estimate of drug-likeness (QED) is 0.390. The van der Waals surface area contributed by atoms with Crippen LogP contribution in [0.15, 0.2) is 28.7 Å². The molecule has 0 aliphatic carbocycles. The maximum Gasteiger partial charge on any atom is 0.191 e. The molecule has 1 aliphatic rings. The van der Waals surface area contributed by atoms with Crippen molar-refractivity contribution in [3.8, 4) is 0 Å². The molecule has 1 saturated heterocycles. The smallest absolute Gasteiger partial charge is 0.191 e. The number of benzene rings is 1. The van der Waals surface area contributed by atoms with Gasteiger partial charge in [0, 0.05) is 37.1 Å². The van der Waals surface area contributed by atoms with E-state index in [1.165, 1.54) is 17.0 Å². The van der Waals surface area contributed by atoms with Crippen LogP contribution < -0.4 is 15.5 Å². The minimum absolute atomic E-state index is 0. The number of rotatable bonds is 4. The molecule has 2 aromatic rings. The van der Waals surface area contributed by atoms with E-state index in [-0.39, 0.29) is 30.0 Å². The minimum atomic E-state index is -0.557. The van der Waals surface area contributed by atoms with Crippen molar-refractivity contribution in [3.63, 3.8) is 0 Å². The first-order valence-electron chi connectivity index (χ1n) is 8.13. The lowest BCUT2D eigenvalue weighted by Crippen LogP contribution is -2.44. The Bertz CT molecular complexity index is 767. The number of anilines is 1. The first-order valence-corrected chi connectivity index (χ1v) is 9.01. The maximum absolute atomic E-state index is 13.9. The Kier molecular flexibility index (Phi) is 7.56. The van der Waals surface area contributed by atoms with Gasteiger partial charge < -0.3 is 15.5 Å². The van der Waals surface area contributed by atoms with Crippen LogP contribution in [0.2, 0.25) is 0 Å². The number of hydrogen-bond donors (Lipinski definition) is 2. The third-order valence-electron chi connectivity index (χ3n) is 4.26. The molecule has 9 heteroatoms. The van der Waals surface area contributed by atoms with Gasteiger partial charge in [-0.05, 0) is 25.5 Å². The summed E-state index contributed by atoms with van der Waals surface area (Å²) < 4.78 is 27.0. The SMILES string of the molecule is CN=C(NCc1scnc1C)NC1CCN(c2ccc(F)cc2F)C1.I. The lowest BCUT2D eigenvalue weighted by atomic mass is 10.2. The molecule has 0 spiro atoms. The number of nitrogens with one attached hydrogen (secondary N) is 2. The first kappa shape index (κ1) is 20.8. The van der Waals surface area contributed by atoms with Crippen molar-refractivity contribution in [1.29, 1.82) is 0 Å². The van der Waals surface area contributed by atoms with E-state index in [9.17, 15) is 8.78 Å². The second-order valence-electron chi connectivity index (χ2n) is 5.96. The molecule has 0 amide bonds. The molecule has 142 valence electrons. The molecule has 5 nitrogen and oxygen atoms in total. The zero-order chi connectivity index (χ0) is 17.8. The van der Waals surface area contributed by atoms with Crippen LogP contribution in [0.5, 0.6) is 0 Å². The van der Waals surface area contributed by atoms with Crippen molar-refractivity contribution in [3.05, 3.63) is 45.9 Å². The monoisotopic (exact) mass is 493 g/mol. The molecular formula is C17H22F2IN5S. The Labute approximate surface area is 172 Å². The third-order valence-corrected chi connectivity index (χ3v) is 5.20. The Hall–Kier alpha value is -1.49. The largest absolute Gasteiger partial charge is 0.367 e. The fourth-order valence-corrected chi connectivity index (χ4v) is 3.60. The highest BCUT2D eigenvalue weighted by atomic mass is 127. The normalized spacial score (nSPS) is 17.2. The van der Waals surface area contributed by atoms with Gasteiger partial charge in [0.1, 0.15) is 11.6 Å². The molecule has 1 aromatic carbocycles. The Balaban J connectivity index is 0.00000243. The summed E-state index contributed by atoms with van der Waals surface area (Å²) in [6.07, 6.45) is 0.858. The topological polar surface area (TPSA) is 52.6 Å². The van der Waals surface area contributed by atoms with Crippen molar-refractivity contribution in [1.82, 2.24) is 15.6 Å². The fraction of sp³-hybridized carbons (Fsp3) is 0.412. The highest BCUT2D eigenvalue weighted by molar-refractivity contribution is 14.0. The first-order chi connectivity index (χ1) is 12.1. The van der Waals surface area contributed by atoms with Gasteiger partial charge >= 0.3 is 0 Å². The highest BCUT2D eigenvalue weighted by Gasteiger charge is 2.25. The number of hydrogen-bond acceptors (Lipinski definition) is 4. The number of aromatic nitrogens is 1. The van der Waals surface area contributed by atoms with Gasteiger partial charge in [0.15, 0.2) is 5.96 Å². The van der Waals surface area contributed by atoms with Crippen molar-refractivity contribution >= 4 is 47.0 Å². The van der Waals surface area contributed by atoms with Crippen molar-refractivity contribution in [2.45, 2.75) is 25.9 Å². The van der Waals surface area contributed by atoms with Gasteiger partial charge in [0.25, 0.3) is 0 Å². The number of thiazole rings is 1. The van der Waals surface area contributed by atoms with Crippen LogP contribution in [-0.4, -0.2) is 37.1 Å². The number of nitrogens with zero attached hydrogens (tertiary/aromatic N) is 3. The lowest BCUT2D eigenvalue weighted by Gasteiger charge is -2.21. The summed E-state index contributed by atoms with van der Waals surface area (Å²) in [6, 6.07) is 3.86. The van der Waals surface area contributed by atoms with E-state index < -0.39 is 11.6 Å². The molecule has 1 fully saturated rings. The predicted octanol–water partition coefficient (Wildman–Crippen LogP) is 3.29. The molecule has 0 bridgehead atoms. The Morgan fingerprint density at radius 2 is 2.23 bits per heavy atom. The standard InChI is InChI=1S/C17H21F2N5S.HI/c1-11-16(25-10-22-11)8-21-17(20-2)23-13-5-6-24(9-13)15-4-3-12(18)7-14(15)19;/h3-4,7,10,13H,5-6,8-9H2,1-2H3,(H2,20,21,23);1H. The molecule has 0 saturated carbocycles. The van der Waals surface area contributed by atoms with E-state index in [2.05, 4.69) is 20.6 Å². The summed E-state index contributed by atoms with van der Waals surface area (Å²) in [7, 11) is 1.72. The van der Waals surface area contributed by atoms with Gasteiger partial charge in [-0.15, -0.1) is 35.3 Å². The predicted molar refractivity (Wildman–Crippen MR) is 113 cm³/mol. The summed E-state index contributed by atoms with van der Waals surface area (Å²) in [5.74, 6) is -0.374. The van der Waals surface area contributed by atoms with Crippen LogP contribution in [0.1, 0.15) is 17.0 Å². The highest BCUT2D eigenvalue weighted by Crippen LogP contribution is 2.24. The van der Waals surface area contributed by atoms with Crippen LogP contribution in [0.25, 0.3) is 0 Å². The molecular weight excluding hydrogens is 471 g/mol. The molecule has 1 aliphatic heterocycles. The van der Waals surface area contributed by atoms with Gasteiger partial charge in [-0.1, -0.05) is 0 Å². The minimum Gasteiger partial charge on any atom is -0.367 e. The number of aliphatic imine (C=N–C) groups is 1. The van der Waals surface area contributed by atoms with Crippen molar-refractivity contribution < 1.29 is 8.78 Å². The summed E-state index contributed by atoms with van der Waals surface area (Å²) in [5, 5.41) is 6.64. The average Bonchev–Trinajstić information content (AvgIpc) is 3.20. The van der Waals surface area contributed by atoms with Gasteiger partial charge in [0.05, 0.1) is 23.4 Å². The molecule has 3 rings (SSSR count). The van der Waals surface area contributed by atoms with Crippen LogP contribution in [0.4, 0.5) is 14.5 Å². The van der Waals surface area contributed by atoms with E-state index in [0.717, 1.165) is 18.2 Å². The van der Waals surface area contributed by atoms with Gasteiger partial charge in [-0.3, -0.25) is 4.99 Å². The summed E-state index contributed by atoms with van der Waals surface area (Å²) >= 11 is 1.61. The van der Waals surface area contributed by atoms with Gasteiger partial charge in [-0.2, -0.15) is 0 Å². The lowest BCUT2D eigenvalue weighted by molar-refractivity contribution is 0.580. The molecule has 1 unspecified atom stereocenters. The summed E-state index contributed by atoms with van der Waals surface area (Å²) in [4.78, 5) is 11.6. The molecule has 26 heavy (non-hydrogen) atoms. The van der Waals surface area contributed by atoms with E-state index in [1.54, 1.807) is 18.4 Å². The van der Waals surface area contributed by atoms with Gasteiger partial charge in [-0.25, -0.2) is 13.8 Å². The third kappa shape index (κ3) is 5.03. The van der Waals surface area contributed by atoms with E-state index in [0.29, 0.717) is 31.3 Å². The number of aryl methyl sites for hydroxylation is 1. The second kappa shape index (κ2) is 9.45. The molecule has 1 atom stereocenters. The molecule has 1 aromatic heterocycles. The van der Waals surface area contributed by atoms with E-state index in [4.69, 9.17) is 0 Å². The average molecular weight is 493 g/mol. The Morgan fingerprint density at radius 1 is 1.42 bits per heavy atom. The van der Waals surface area contributed by atoms with Crippen LogP contribution in [0.3, 0.4) is 0 Å². The van der Waals surface area contributed by atoms with Crippen molar-refractivity contribution in [2.75, 3.05) is 25.0 Å². The second-order valence-corrected chi connectivity index (χ2v) is 6.90. The molecule has 2 heterocycles. The van der Waals surface area contributed by atoms with Crippen LogP contribution in [-0.2, 0) is 6.54 Å². The van der Waals surface area contributed by atoms with E-state index >= 15 is 0 Å². The van der Waals surface area contributed by atoms with Gasteiger partial charge in [0.2, 0.25) is 0 Å². The summed E-state index contributed by atoms with van der Waals surface area (Å²) in [6.45, 7) is 4.00. The van der Waals surface area contributed by atoms with E-state index in [1.807, 2.05) is 17.3 Å². The number of halogens is 3.